The monoisotopic (exact) mass is 518 g/mol. The van der Waals surface area contributed by atoms with E-state index in [0.29, 0.717) is 40.5 Å². The van der Waals surface area contributed by atoms with Crippen molar-refractivity contribution in [1.82, 2.24) is 25.1 Å². The van der Waals surface area contributed by atoms with Gasteiger partial charge in [0.2, 0.25) is 0 Å². The lowest BCUT2D eigenvalue weighted by molar-refractivity contribution is 0.0996. The van der Waals surface area contributed by atoms with Crippen LogP contribution in [0.1, 0.15) is 34.3 Å². The van der Waals surface area contributed by atoms with Crippen LogP contribution in [0.5, 0.6) is 0 Å². The number of anilines is 1. The van der Waals surface area contributed by atoms with Crippen molar-refractivity contribution in [3.05, 3.63) is 81.7 Å². The van der Waals surface area contributed by atoms with Crippen LogP contribution in [0.2, 0.25) is 10.2 Å². The van der Waals surface area contributed by atoms with Crippen molar-refractivity contribution in [2.75, 3.05) is 11.4 Å². The molecule has 6 rings (SSSR count). The van der Waals surface area contributed by atoms with Gasteiger partial charge < -0.3 is 9.88 Å². The van der Waals surface area contributed by atoms with Crippen LogP contribution in [-0.4, -0.2) is 32.2 Å². The molecule has 9 heteroatoms. The third-order valence-corrected chi connectivity index (χ3v) is 7.16. The maximum absolute atomic E-state index is 13.5. The van der Waals surface area contributed by atoms with Crippen LogP contribution in [0.25, 0.3) is 22.5 Å². The van der Waals surface area contributed by atoms with Crippen molar-refractivity contribution in [2.24, 2.45) is 13.0 Å². The lowest BCUT2D eigenvalue weighted by Crippen LogP contribution is -2.24. The summed E-state index contributed by atoms with van der Waals surface area (Å²) in [5.74, 6) is 1.97. The fraction of sp³-hybridized carbons (Fsp3) is 0.259. The van der Waals surface area contributed by atoms with Crippen molar-refractivity contribution in [3.63, 3.8) is 0 Å². The summed E-state index contributed by atoms with van der Waals surface area (Å²) in [4.78, 5) is 19.7. The maximum Gasteiger partial charge on any atom is 0.260 e. The quantitative estimate of drug-likeness (QED) is 0.326. The van der Waals surface area contributed by atoms with Crippen molar-refractivity contribution in [1.29, 1.82) is 0 Å². The topological polar surface area (TPSA) is 75.9 Å². The second-order valence-electron chi connectivity index (χ2n) is 9.45. The number of nitrogens with zero attached hydrogens (tertiary/aromatic N) is 5. The predicted octanol–water partition coefficient (Wildman–Crippen LogP) is 5.51. The summed E-state index contributed by atoms with van der Waals surface area (Å²) in [6, 6.07) is 15.4. The number of pyridine rings is 1. The number of nitrogens with one attached hydrogen (secondary N) is 1. The molecule has 1 aliphatic carbocycles. The summed E-state index contributed by atoms with van der Waals surface area (Å²) in [6.45, 7) is 2.16. The molecule has 4 aromatic rings. The Bertz CT molecular complexity index is 1480. The largest absolute Gasteiger partial charge is 0.317 e. The molecule has 1 amide bonds. The molecule has 36 heavy (non-hydrogen) atoms. The first-order valence-corrected chi connectivity index (χ1v) is 12.7. The number of hydrogen-bond acceptors (Lipinski definition) is 5. The molecule has 0 saturated heterocycles. The van der Waals surface area contributed by atoms with E-state index in [1.165, 1.54) is 12.8 Å². The van der Waals surface area contributed by atoms with Gasteiger partial charge in [0.1, 0.15) is 17.3 Å². The molecule has 2 aromatic carbocycles. The molecular formula is C27H24Cl2N6O. The molecule has 0 radical (unpaired) electrons. The molecule has 1 N–H and O–H groups in total. The van der Waals surface area contributed by atoms with Crippen molar-refractivity contribution in [3.8, 4) is 22.5 Å². The first-order chi connectivity index (χ1) is 17.5. The van der Waals surface area contributed by atoms with E-state index < -0.39 is 0 Å². The molecule has 0 atom stereocenters. The van der Waals surface area contributed by atoms with Crippen molar-refractivity contribution >= 4 is 34.9 Å². The average Bonchev–Trinajstić information content (AvgIpc) is 3.49. The van der Waals surface area contributed by atoms with Crippen LogP contribution in [0.3, 0.4) is 0 Å². The van der Waals surface area contributed by atoms with Crippen LogP contribution in [0, 0.1) is 5.92 Å². The Morgan fingerprint density at radius 3 is 2.67 bits per heavy atom. The van der Waals surface area contributed by atoms with Crippen LogP contribution >= 0.6 is 23.2 Å². The van der Waals surface area contributed by atoms with E-state index in [1.54, 1.807) is 11.2 Å². The van der Waals surface area contributed by atoms with Gasteiger partial charge in [0.05, 0.1) is 6.54 Å². The van der Waals surface area contributed by atoms with Gasteiger partial charge in [-0.05, 0) is 77.9 Å². The van der Waals surface area contributed by atoms with Crippen LogP contribution in [0.4, 0.5) is 5.82 Å². The fourth-order valence-corrected chi connectivity index (χ4v) is 5.05. The van der Waals surface area contributed by atoms with Crippen molar-refractivity contribution in [2.45, 2.75) is 25.9 Å². The van der Waals surface area contributed by atoms with Gasteiger partial charge in [-0.3, -0.25) is 9.69 Å². The number of fused-ring (bicyclic) bond motifs is 1. The van der Waals surface area contributed by atoms with Crippen LogP contribution < -0.4 is 10.2 Å². The van der Waals surface area contributed by atoms with E-state index in [0.717, 1.165) is 40.3 Å². The average molecular weight is 519 g/mol. The number of carbonyl (C=O) groups excluding carboxylic acids is 1. The molecule has 1 saturated carbocycles. The molecule has 7 nitrogen and oxygen atoms in total. The van der Waals surface area contributed by atoms with Gasteiger partial charge in [0, 0.05) is 29.7 Å². The van der Waals surface area contributed by atoms with Gasteiger partial charge >= 0.3 is 0 Å². The predicted molar refractivity (Wildman–Crippen MR) is 141 cm³/mol. The minimum atomic E-state index is -0.0901. The Morgan fingerprint density at radius 1 is 1.03 bits per heavy atom. The third-order valence-electron chi connectivity index (χ3n) is 6.73. The zero-order valence-corrected chi connectivity index (χ0v) is 21.2. The summed E-state index contributed by atoms with van der Waals surface area (Å²) >= 11 is 12.7. The first-order valence-electron chi connectivity index (χ1n) is 11.9. The van der Waals surface area contributed by atoms with Gasteiger partial charge in [-0.1, -0.05) is 41.4 Å². The summed E-state index contributed by atoms with van der Waals surface area (Å²) in [7, 11) is 1.89. The summed E-state index contributed by atoms with van der Waals surface area (Å²) < 4.78 is 1.84. The zero-order valence-electron chi connectivity index (χ0n) is 19.7. The van der Waals surface area contributed by atoms with E-state index >= 15 is 0 Å². The second kappa shape index (κ2) is 9.32. The van der Waals surface area contributed by atoms with Gasteiger partial charge in [0.25, 0.3) is 5.91 Å². The Hall–Kier alpha value is -3.26. The maximum atomic E-state index is 13.5. The minimum Gasteiger partial charge on any atom is -0.317 e. The zero-order chi connectivity index (χ0) is 24.8. The fourth-order valence-electron chi connectivity index (χ4n) is 4.65. The normalized spacial score (nSPS) is 15.0. The molecule has 1 fully saturated rings. The highest BCUT2D eigenvalue weighted by Crippen LogP contribution is 2.36. The number of aromatic nitrogens is 4. The lowest BCUT2D eigenvalue weighted by atomic mass is 9.96. The summed E-state index contributed by atoms with van der Waals surface area (Å²) in [6.07, 6.45) is 4.25. The second-order valence-corrected chi connectivity index (χ2v) is 10.3. The molecule has 2 aromatic heterocycles. The number of carbonyl (C=O) groups is 1. The number of rotatable bonds is 7. The highest BCUT2D eigenvalue weighted by Gasteiger charge is 2.30. The van der Waals surface area contributed by atoms with Crippen LogP contribution in [0.15, 0.2) is 54.9 Å². The molecule has 0 bridgehead atoms. The van der Waals surface area contributed by atoms with Crippen LogP contribution in [-0.2, 0) is 20.1 Å². The standard InChI is InChI=1S/C27H24Cl2N6O/c1-34-15-31-33-26(34)23-11-20(28)6-7-21(23)18-4-5-19-14-35(27(36)22(19)10-18)25-9-17(8-24(29)32-25)13-30-12-16-2-3-16/h4-11,15-16,30H,2-3,12-14H2,1H3. The minimum absolute atomic E-state index is 0.0901. The molecule has 2 aliphatic rings. The highest BCUT2D eigenvalue weighted by atomic mass is 35.5. The molecule has 3 heterocycles. The van der Waals surface area contributed by atoms with Gasteiger partial charge in [-0.15, -0.1) is 10.2 Å². The number of benzene rings is 2. The smallest absolute Gasteiger partial charge is 0.260 e. The molecular weight excluding hydrogens is 495 g/mol. The lowest BCUT2D eigenvalue weighted by Gasteiger charge is -2.16. The first kappa shape index (κ1) is 23.2. The molecule has 0 unspecified atom stereocenters. The molecule has 0 spiro atoms. The number of hydrogen-bond donors (Lipinski definition) is 1. The summed E-state index contributed by atoms with van der Waals surface area (Å²) in [5, 5.41) is 12.7. The Balaban J connectivity index is 1.30. The number of aryl methyl sites for hydroxylation is 1. The summed E-state index contributed by atoms with van der Waals surface area (Å²) in [5.41, 5.74) is 5.31. The Morgan fingerprint density at radius 2 is 1.89 bits per heavy atom. The Labute approximate surface area is 219 Å². The van der Waals surface area contributed by atoms with E-state index in [2.05, 4.69) is 20.5 Å². The van der Waals surface area contributed by atoms with Crippen molar-refractivity contribution < 1.29 is 4.79 Å². The van der Waals surface area contributed by atoms with E-state index in [1.807, 2.05) is 60.1 Å². The van der Waals surface area contributed by atoms with E-state index in [9.17, 15) is 4.79 Å². The molecule has 1 aliphatic heterocycles. The molecule has 182 valence electrons. The number of amides is 1. The van der Waals surface area contributed by atoms with Gasteiger partial charge in [-0.25, -0.2) is 4.98 Å². The SMILES string of the molecule is Cn1cnnc1-c1cc(Cl)ccc1-c1ccc2c(c1)C(=O)N(c1cc(CNCC3CC3)cc(Cl)n1)C2. The van der Waals surface area contributed by atoms with Gasteiger partial charge in [-0.2, -0.15) is 0 Å². The number of halogens is 2. The highest BCUT2D eigenvalue weighted by molar-refractivity contribution is 6.31. The Kier molecular flexibility index (Phi) is 5.99. The van der Waals surface area contributed by atoms with E-state index in [4.69, 9.17) is 23.2 Å². The van der Waals surface area contributed by atoms with Gasteiger partial charge in [0.15, 0.2) is 5.82 Å². The van der Waals surface area contributed by atoms with E-state index in [-0.39, 0.29) is 5.91 Å². The third kappa shape index (κ3) is 4.50.